The molecule has 0 unspecified atom stereocenters. The van der Waals surface area contributed by atoms with Gasteiger partial charge in [-0.15, -0.1) is 0 Å². The Morgan fingerprint density at radius 3 is 2.88 bits per heavy atom. The van der Waals surface area contributed by atoms with Gasteiger partial charge in [0, 0.05) is 40.5 Å². The summed E-state index contributed by atoms with van der Waals surface area (Å²) in [6, 6.07) is 6.58. The van der Waals surface area contributed by atoms with E-state index in [1.54, 1.807) is 6.20 Å². The van der Waals surface area contributed by atoms with Crippen LogP contribution in [-0.4, -0.2) is 38.3 Å². The number of rotatable bonds is 3. The van der Waals surface area contributed by atoms with Gasteiger partial charge in [-0.1, -0.05) is 11.6 Å². The average molecular weight is 351 g/mol. The molecule has 0 aliphatic carbocycles. The molecule has 2 aromatic heterocycles. The van der Waals surface area contributed by atoms with Crippen molar-refractivity contribution < 1.29 is 10.2 Å². The lowest BCUT2D eigenvalue weighted by molar-refractivity contribution is 0.278. The molecule has 1 aliphatic heterocycles. The largest absolute Gasteiger partial charge is 0.506 e. The number of hydrogen-bond donors (Lipinski definition) is 2. The predicted molar refractivity (Wildman–Crippen MR) is 102 cm³/mol. The third-order valence-corrected chi connectivity index (χ3v) is 5.43. The first-order chi connectivity index (χ1) is 12.6. The van der Waals surface area contributed by atoms with Gasteiger partial charge in [-0.25, -0.2) is 0 Å². The molecule has 0 radical (unpaired) electrons. The number of nitrogens with zero attached hydrogens (tertiary/aromatic N) is 3. The number of fused-ring (bicyclic) bond motifs is 3. The SMILES string of the molecule is Cc1ccc2c(c1)c1c(n2Cc2c(O)cncc2CO)CCCN(C)C1. The molecule has 3 heterocycles. The molecule has 26 heavy (non-hydrogen) atoms. The number of pyridine rings is 1. The zero-order valence-electron chi connectivity index (χ0n) is 15.4. The molecule has 5 heteroatoms. The molecule has 0 spiro atoms. The molecule has 0 saturated carbocycles. The Kier molecular flexibility index (Phi) is 4.42. The summed E-state index contributed by atoms with van der Waals surface area (Å²) < 4.78 is 2.32. The minimum atomic E-state index is -0.125. The van der Waals surface area contributed by atoms with E-state index < -0.39 is 0 Å². The van der Waals surface area contributed by atoms with Crippen LogP contribution in [0.1, 0.15) is 34.4 Å². The molecule has 5 nitrogen and oxygen atoms in total. The number of aliphatic hydroxyl groups excluding tert-OH is 1. The van der Waals surface area contributed by atoms with Crippen LogP contribution in [-0.2, 0) is 26.1 Å². The topological polar surface area (TPSA) is 61.5 Å². The van der Waals surface area contributed by atoms with Crippen molar-refractivity contribution in [1.29, 1.82) is 0 Å². The second kappa shape index (κ2) is 6.74. The second-order valence-electron chi connectivity index (χ2n) is 7.33. The fourth-order valence-electron chi connectivity index (χ4n) is 4.09. The fourth-order valence-corrected chi connectivity index (χ4v) is 4.09. The molecule has 0 saturated heterocycles. The molecule has 136 valence electrons. The third kappa shape index (κ3) is 2.87. The van der Waals surface area contributed by atoms with Gasteiger partial charge in [0.15, 0.2) is 0 Å². The van der Waals surface area contributed by atoms with Gasteiger partial charge in [-0.2, -0.15) is 0 Å². The van der Waals surface area contributed by atoms with E-state index in [-0.39, 0.29) is 12.4 Å². The third-order valence-electron chi connectivity index (χ3n) is 5.43. The summed E-state index contributed by atoms with van der Waals surface area (Å²) in [5.74, 6) is 0.144. The molecule has 2 N–H and O–H groups in total. The van der Waals surface area contributed by atoms with E-state index in [1.807, 2.05) is 0 Å². The number of aromatic hydroxyl groups is 1. The van der Waals surface area contributed by atoms with E-state index in [0.29, 0.717) is 12.1 Å². The minimum Gasteiger partial charge on any atom is -0.506 e. The van der Waals surface area contributed by atoms with E-state index >= 15 is 0 Å². The summed E-state index contributed by atoms with van der Waals surface area (Å²) in [5, 5.41) is 21.3. The number of benzene rings is 1. The zero-order chi connectivity index (χ0) is 18.3. The predicted octanol–water partition coefficient (Wildman–Crippen LogP) is 2.97. The fraction of sp³-hybridized carbons (Fsp3) is 0.381. The molecule has 4 rings (SSSR count). The Labute approximate surface area is 153 Å². The maximum atomic E-state index is 10.3. The number of aliphatic hydroxyl groups is 1. The van der Waals surface area contributed by atoms with Gasteiger partial charge in [0.25, 0.3) is 0 Å². The Morgan fingerprint density at radius 1 is 1.23 bits per heavy atom. The highest BCUT2D eigenvalue weighted by Crippen LogP contribution is 2.33. The molecule has 0 bridgehead atoms. The summed E-state index contributed by atoms with van der Waals surface area (Å²) in [6.45, 7) is 4.58. The Morgan fingerprint density at radius 2 is 2.08 bits per heavy atom. The Balaban J connectivity index is 1.92. The lowest BCUT2D eigenvalue weighted by Crippen LogP contribution is -2.17. The number of hydrogen-bond acceptors (Lipinski definition) is 4. The van der Waals surface area contributed by atoms with Crippen LogP contribution in [0.4, 0.5) is 0 Å². The lowest BCUT2D eigenvalue weighted by Gasteiger charge is -2.14. The first-order valence-electron chi connectivity index (χ1n) is 9.13. The highest BCUT2D eigenvalue weighted by Gasteiger charge is 2.22. The first-order valence-corrected chi connectivity index (χ1v) is 9.13. The van der Waals surface area contributed by atoms with Crippen molar-refractivity contribution in [1.82, 2.24) is 14.5 Å². The highest BCUT2D eigenvalue weighted by atomic mass is 16.3. The Hall–Kier alpha value is -2.37. The van der Waals surface area contributed by atoms with Crippen molar-refractivity contribution in [3.05, 3.63) is 58.5 Å². The standard InChI is InChI=1S/C21H25N3O2/c1-14-5-6-20-16(8-14)18-11-23(2)7-3-4-19(18)24(20)12-17-15(13-25)9-22-10-21(17)26/h5-6,8-10,25-26H,3-4,7,11-13H2,1-2H3. The van der Waals surface area contributed by atoms with Gasteiger partial charge in [0.05, 0.1) is 19.3 Å². The van der Waals surface area contributed by atoms with Crippen LogP contribution in [0.15, 0.2) is 30.6 Å². The summed E-state index contributed by atoms with van der Waals surface area (Å²) in [4.78, 5) is 6.38. The van der Waals surface area contributed by atoms with Crippen LogP contribution in [0.2, 0.25) is 0 Å². The van der Waals surface area contributed by atoms with Crippen LogP contribution in [0.5, 0.6) is 5.75 Å². The summed E-state index contributed by atoms with van der Waals surface area (Å²) >= 11 is 0. The monoisotopic (exact) mass is 351 g/mol. The second-order valence-corrected chi connectivity index (χ2v) is 7.33. The van der Waals surface area contributed by atoms with Crippen LogP contribution >= 0.6 is 0 Å². The Bertz CT molecular complexity index is 962. The van der Waals surface area contributed by atoms with E-state index in [1.165, 1.54) is 33.9 Å². The van der Waals surface area contributed by atoms with Crippen molar-refractivity contribution in [2.75, 3.05) is 13.6 Å². The van der Waals surface area contributed by atoms with Crippen molar-refractivity contribution in [3.8, 4) is 5.75 Å². The summed E-state index contributed by atoms with van der Waals surface area (Å²) in [6.07, 6.45) is 5.23. The van der Waals surface area contributed by atoms with Crippen LogP contribution < -0.4 is 0 Å². The van der Waals surface area contributed by atoms with Crippen molar-refractivity contribution in [2.45, 2.75) is 39.5 Å². The summed E-state index contributed by atoms with van der Waals surface area (Å²) in [7, 11) is 2.17. The van der Waals surface area contributed by atoms with Gasteiger partial charge >= 0.3 is 0 Å². The quantitative estimate of drug-likeness (QED) is 0.762. The van der Waals surface area contributed by atoms with Gasteiger partial charge in [0.2, 0.25) is 0 Å². The first kappa shape index (κ1) is 17.1. The van der Waals surface area contributed by atoms with Crippen molar-refractivity contribution in [2.24, 2.45) is 0 Å². The lowest BCUT2D eigenvalue weighted by atomic mass is 10.1. The molecule has 0 fully saturated rings. The van der Waals surface area contributed by atoms with Gasteiger partial charge in [-0.3, -0.25) is 4.98 Å². The molecule has 0 amide bonds. The zero-order valence-corrected chi connectivity index (χ0v) is 15.4. The smallest absolute Gasteiger partial charge is 0.139 e. The van der Waals surface area contributed by atoms with Gasteiger partial charge in [-0.05, 0) is 51.1 Å². The summed E-state index contributed by atoms with van der Waals surface area (Å²) in [5.41, 5.74) is 6.61. The van der Waals surface area contributed by atoms with Crippen LogP contribution in [0.3, 0.4) is 0 Å². The van der Waals surface area contributed by atoms with E-state index in [9.17, 15) is 10.2 Å². The molecule has 0 atom stereocenters. The molecular formula is C21H25N3O2. The number of aromatic nitrogens is 2. The van der Waals surface area contributed by atoms with E-state index in [0.717, 1.165) is 31.5 Å². The van der Waals surface area contributed by atoms with Gasteiger partial charge in [0.1, 0.15) is 5.75 Å². The maximum absolute atomic E-state index is 10.3. The normalized spacial score (nSPS) is 15.2. The van der Waals surface area contributed by atoms with Crippen molar-refractivity contribution in [3.63, 3.8) is 0 Å². The van der Waals surface area contributed by atoms with E-state index in [4.69, 9.17) is 0 Å². The van der Waals surface area contributed by atoms with Crippen molar-refractivity contribution >= 4 is 10.9 Å². The van der Waals surface area contributed by atoms with E-state index in [2.05, 4.69) is 46.6 Å². The molecule has 1 aliphatic rings. The van der Waals surface area contributed by atoms with Crippen LogP contribution in [0.25, 0.3) is 10.9 Å². The molecule has 1 aromatic carbocycles. The highest BCUT2D eigenvalue weighted by molar-refractivity contribution is 5.86. The molecule has 3 aromatic rings. The van der Waals surface area contributed by atoms with Crippen LogP contribution in [0, 0.1) is 6.92 Å². The number of aryl methyl sites for hydroxylation is 1. The maximum Gasteiger partial charge on any atom is 0.139 e. The minimum absolute atomic E-state index is 0.125. The molecular weight excluding hydrogens is 326 g/mol. The van der Waals surface area contributed by atoms with Gasteiger partial charge < -0.3 is 19.7 Å². The average Bonchev–Trinajstić information content (AvgIpc) is 2.77.